The molecule has 0 unspecified atom stereocenters. The number of primary amides is 1. The maximum Gasteiger partial charge on any atom is 0.241 e. The van der Waals surface area contributed by atoms with Crippen molar-refractivity contribution in [2.45, 2.75) is 0 Å². The van der Waals surface area contributed by atoms with Crippen molar-refractivity contribution in [1.82, 2.24) is 0 Å². The van der Waals surface area contributed by atoms with Gasteiger partial charge in [0.2, 0.25) is 5.91 Å². The summed E-state index contributed by atoms with van der Waals surface area (Å²) in [5, 5.41) is 2.40. The molecule has 2 rings (SSSR count). The fourth-order valence-corrected chi connectivity index (χ4v) is 1.71. The van der Waals surface area contributed by atoms with Gasteiger partial charge in [-0.3, -0.25) is 4.79 Å². The summed E-state index contributed by atoms with van der Waals surface area (Å²) < 4.78 is 0. The first-order valence-electron chi connectivity index (χ1n) is 5.39. The van der Waals surface area contributed by atoms with E-state index in [-0.39, 0.29) is 0 Å². The Hall–Kier alpha value is -2.35. The van der Waals surface area contributed by atoms with E-state index in [0.29, 0.717) is 0 Å². The van der Waals surface area contributed by atoms with E-state index in [1.54, 1.807) is 6.08 Å². The Morgan fingerprint density at radius 1 is 1.00 bits per heavy atom. The van der Waals surface area contributed by atoms with Crippen LogP contribution in [0.15, 0.2) is 60.7 Å². The molecule has 2 nitrogen and oxygen atoms in total. The Kier molecular flexibility index (Phi) is 3.36. The van der Waals surface area contributed by atoms with E-state index in [0.717, 1.165) is 5.56 Å². The average Bonchev–Trinajstić information content (AvgIpc) is 2.34. The van der Waals surface area contributed by atoms with Crippen LogP contribution in [-0.4, -0.2) is 5.91 Å². The first kappa shape index (κ1) is 11.1. The fourth-order valence-electron chi connectivity index (χ4n) is 1.71. The summed E-state index contributed by atoms with van der Waals surface area (Å²) in [6.07, 6.45) is 6.75. The van der Waals surface area contributed by atoms with Crippen LogP contribution in [0.3, 0.4) is 0 Å². The summed E-state index contributed by atoms with van der Waals surface area (Å²) in [6, 6.07) is 14.3. The molecule has 0 aliphatic carbocycles. The maximum atomic E-state index is 10.5. The van der Waals surface area contributed by atoms with Crippen LogP contribution < -0.4 is 5.73 Å². The van der Waals surface area contributed by atoms with Crippen molar-refractivity contribution in [2.75, 3.05) is 0 Å². The number of benzene rings is 2. The Balaban J connectivity index is 2.33. The van der Waals surface area contributed by atoms with Crippen LogP contribution in [0.4, 0.5) is 0 Å². The van der Waals surface area contributed by atoms with Gasteiger partial charge >= 0.3 is 0 Å². The number of carbonyl (C=O) groups is 1. The molecule has 0 saturated carbocycles. The molecule has 0 fully saturated rings. The highest BCUT2D eigenvalue weighted by atomic mass is 16.1. The topological polar surface area (TPSA) is 43.1 Å². The normalized spacial score (nSPS) is 11.5. The number of rotatable bonds is 3. The minimum absolute atomic E-state index is 0.437. The van der Waals surface area contributed by atoms with Gasteiger partial charge in [0.15, 0.2) is 0 Å². The number of allylic oxidation sites excluding steroid dienone is 2. The lowest BCUT2D eigenvalue weighted by atomic mass is 10.0. The lowest BCUT2D eigenvalue weighted by molar-refractivity contribution is -0.113. The SMILES string of the molecule is NC(=O)/C=C/C=C/c1cccc2ccccc12. The third-order valence-electron chi connectivity index (χ3n) is 2.47. The monoisotopic (exact) mass is 223 g/mol. The minimum atomic E-state index is -0.437. The summed E-state index contributed by atoms with van der Waals surface area (Å²) in [5.74, 6) is -0.437. The van der Waals surface area contributed by atoms with Crippen molar-refractivity contribution in [2.24, 2.45) is 5.73 Å². The van der Waals surface area contributed by atoms with Gasteiger partial charge in [0, 0.05) is 6.08 Å². The summed E-state index contributed by atoms with van der Waals surface area (Å²) in [7, 11) is 0. The van der Waals surface area contributed by atoms with E-state index < -0.39 is 5.91 Å². The molecule has 84 valence electrons. The zero-order valence-electron chi connectivity index (χ0n) is 9.34. The van der Waals surface area contributed by atoms with Gasteiger partial charge in [0.05, 0.1) is 0 Å². The molecule has 0 aliphatic heterocycles. The van der Waals surface area contributed by atoms with Crippen molar-refractivity contribution in [3.8, 4) is 0 Å². The van der Waals surface area contributed by atoms with E-state index >= 15 is 0 Å². The first-order valence-corrected chi connectivity index (χ1v) is 5.39. The van der Waals surface area contributed by atoms with Gasteiger partial charge in [-0.25, -0.2) is 0 Å². The molecule has 0 saturated heterocycles. The Morgan fingerprint density at radius 2 is 1.76 bits per heavy atom. The van der Waals surface area contributed by atoms with Gasteiger partial charge in [-0.05, 0) is 16.3 Å². The zero-order chi connectivity index (χ0) is 12.1. The Morgan fingerprint density at radius 3 is 2.59 bits per heavy atom. The third kappa shape index (κ3) is 2.82. The number of amides is 1. The predicted octanol–water partition coefficient (Wildman–Crippen LogP) is 2.89. The summed E-state index contributed by atoms with van der Waals surface area (Å²) in [6.45, 7) is 0. The van der Waals surface area contributed by atoms with Crippen LogP contribution in [0.25, 0.3) is 16.8 Å². The van der Waals surface area contributed by atoms with Gasteiger partial charge < -0.3 is 5.73 Å². The first-order chi connectivity index (χ1) is 8.27. The lowest BCUT2D eigenvalue weighted by Crippen LogP contribution is -2.04. The molecule has 0 heterocycles. The molecule has 17 heavy (non-hydrogen) atoms. The fraction of sp³-hybridized carbons (Fsp3) is 0. The quantitative estimate of drug-likeness (QED) is 0.631. The highest BCUT2D eigenvalue weighted by Gasteiger charge is 1.95. The van der Waals surface area contributed by atoms with Crippen LogP contribution in [-0.2, 0) is 4.79 Å². The van der Waals surface area contributed by atoms with E-state index in [4.69, 9.17) is 5.73 Å². The van der Waals surface area contributed by atoms with Gasteiger partial charge in [0.1, 0.15) is 0 Å². The van der Waals surface area contributed by atoms with Gasteiger partial charge in [0.25, 0.3) is 0 Å². The molecule has 0 radical (unpaired) electrons. The number of hydrogen-bond donors (Lipinski definition) is 1. The van der Waals surface area contributed by atoms with Crippen molar-refractivity contribution in [3.63, 3.8) is 0 Å². The van der Waals surface area contributed by atoms with E-state index in [2.05, 4.69) is 18.2 Å². The Labute approximate surface area is 100 Å². The van der Waals surface area contributed by atoms with Gasteiger partial charge in [-0.2, -0.15) is 0 Å². The lowest BCUT2D eigenvalue weighted by Gasteiger charge is -2.00. The predicted molar refractivity (Wildman–Crippen MR) is 71.3 cm³/mol. The summed E-state index contributed by atoms with van der Waals surface area (Å²) >= 11 is 0. The van der Waals surface area contributed by atoms with Crippen LogP contribution in [0, 0.1) is 0 Å². The minimum Gasteiger partial charge on any atom is -0.366 e. The Bertz CT molecular complexity index is 591. The molecule has 1 amide bonds. The second kappa shape index (κ2) is 5.12. The molecule has 0 bridgehead atoms. The molecule has 2 aromatic carbocycles. The highest BCUT2D eigenvalue weighted by molar-refractivity contribution is 5.91. The van der Waals surface area contributed by atoms with Crippen LogP contribution in [0.5, 0.6) is 0 Å². The highest BCUT2D eigenvalue weighted by Crippen LogP contribution is 2.19. The maximum absolute atomic E-state index is 10.5. The number of fused-ring (bicyclic) bond motifs is 1. The molecule has 2 N–H and O–H groups in total. The van der Waals surface area contributed by atoms with Crippen molar-refractivity contribution >= 4 is 22.8 Å². The van der Waals surface area contributed by atoms with E-state index in [9.17, 15) is 4.79 Å². The molecule has 0 aromatic heterocycles. The van der Waals surface area contributed by atoms with E-state index in [1.807, 2.05) is 36.4 Å². The van der Waals surface area contributed by atoms with Gasteiger partial charge in [-0.15, -0.1) is 0 Å². The number of hydrogen-bond acceptors (Lipinski definition) is 1. The largest absolute Gasteiger partial charge is 0.366 e. The third-order valence-corrected chi connectivity index (χ3v) is 2.47. The summed E-state index contributed by atoms with van der Waals surface area (Å²) in [4.78, 5) is 10.5. The smallest absolute Gasteiger partial charge is 0.241 e. The van der Waals surface area contributed by atoms with Crippen molar-refractivity contribution in [1.29, 1.82) is 0 Å². The second-order valence-electron chi connectivity index (χ2n) is 3.69. The standard InChI is InChI=1S/C15H13NO/c16-15(17)11-4-2-7-13-9-5-8-12-6-1-3-10-14(12)13/h1-11H,(H2,16,17)/b7-2+,11-4+. The second-order valence-corrected chi connectivity index (χ2v) is 3.69. The number of nitrogens with two attached hydrogens (primary N) is 1. The average molecular weight is 223 g/mol. The van der Waals surface area contributed by atoms with Crippen LogP contribution >= 0.6 is 0 Å². The van der Waals surface area contributed by atoms with Crippen LogP contribution in [0.1, 0.15) is 5.56 Å². The summed E-state index contributed by atoms with van der Waals surface area (Å²) in [5.41, 5.74) is 6.13. The van der Waals surface area contributed by atoms with Crippen molar-refractivity contribution in [3.05, 3.63) is 66.3 Å². The molecule has 0 aliphatic rings. The molecule has 2 heteroatoms. The van der Waals surface area contributed by atoms with Gasteiger partial charge in [-0.1, -0.05) is 60.7 Å². The molecule has 0 atom stereocenters. The molecular formula is C15H13NO. The molecule has 0 spiro atoms. The zero-order valence-corrected chi connectivity index (χ0v) is 9.34. The van der Waals surface area contributed by atoms with Crippen molar-refractivity contribution < 1.29 is 4.79 Å². The molecular weight excluding hydrogens is 210 g/mol. The molecule has 2 aromatic rings. The van der Waals surface area contributed by atoms with E-state index in [1.165, 1.54) is 16.8 Å². The van der Waals surface area contributed by atoms with Crippen LogP contribution in [0.2, 0.25) is 0 Å². The number of carbonyl (C=O) groups excluding carboxylic acids is 1.